The van der Waals surface area contributed by atoms with Crippen LogP contribution in [0.25, 0.3) is 11.1 Å². The van der Waals surface area contributed by atoms with Gasteiger partial charge in [0.15, 0.2) is 0 Å². The molecule has 0 fully saturated rings. The highest BCUT2D eigenvalue weighted by Crippen LogP contribution is 2.54. The lowest BCUT2D eigenvalue weighted by atomic mass is 9.72. The quantitative estimate of drug-likeness (QED) is 0.258. The maximum atomic E-state index is 3.73. The third-order valence-electron chi connectivity index (χ3n) is 5.26. The maximum absolute atomic E-state index is 3.73. The largest absolute Gasteiger partial charge is 0.0928 e. The van der Waals surface area contributed by atoms with Crippen molar-refractivity contribution >= 4 is 47.8 Å². The number of fused-ring (bicyclic) bond motifs is 3. The number of hydrogen-bond donors (Lipinski definition) is 0. The first-order chi connectivity index (χ1) is 11.6. The Kier molecular flexibility index (Phi) is 6.26. The van der Waals surface area contributed by atoms with Crippen molar-refractivity contribution in [3.8, 4) is 11.1 Å². The van der Waals surface area contributed by atoms with Crippen LogP contribution < -0.4 is 0 Å². The van der Waals surface area contributed by atoms with Crippen LogP contribution in [0.4, 0.5) is 0 Å². The van der Waals surface area contributed by atoms with Crippen LogP contribution in [0.15, 0.2) is 45.3 Å². The lowest BCUT2D eigenvalue weighted by Crippen LogP contribution is -2.26. The van der Waals surface area contributed by atoms with Gasteiger partial charge in [-0.25, -0.2) is 0 Å². The van der Waals surface area contributed by atoms with Crippen LogP contribution in [0.2, 0.25) is 0 Å². The standard InChI is InChI=1S/C21H23Br3/c1-2-3-4-5-10-21(11-12-22)19-13-15(23)6-8-17(19)18-9-7-16(24)14-20(18)21/h6-9,13-14H,2-5,10-12H2,1H3. The van der Waals surface area contributed by atoms with Gasteiger partial charge in [-0.15, -0.1) is 0 Å². The Hall–Kier alpha value is -0.120. The predicted octanol–water partition coefficient (Wildman–Crippen LogP) is 8.23. The summed E-state index contributed by atoms with van der Waals surface area (Å²) in [6.45, 7) is 2.28. The van der Waals surface area contributed by atoms with E-state index in [0.29, 0.717) is 0 Å². The molecule has 24 heavy (non-hydrogen) atoms. The van der Waals surface area contributed by atoms with Crippen LogP contribution in [-0.2, 0) is 5.41 Å². The number of hydrogen-bond acceptors (Lipinski definition) is 0. The molecule has 0 aromatic heterocycles. The lowest BCUT2D eigenvalue weighted by molar-refractivity contribution is 0.440. The molecule has 0 radical (unpaired) electrons. The van der Waals surface area contributed by atoms with E-state index in [1.54, 1.807) is 0 Å². The minimum Gasteiger partial charge on any atom is -0.0928 e. The fraction of sp³-hybridized carbons (Fsp3) is 0.429. The Balaban J connectivity index is 2.11. The number of benzene rings is 2. The minimum absolute atomic E-state index is 0.134. The van der Waals surface area contributed by atoms with Gasteiger partial charge in [0.25, 0.3) is 0 Å². The van der Waals surface area contributed by atoms with Gasteiger partial charge in [-0.2, -0.15) is 0 Å². The second-order valence-corrected chi connectivity index (χ2v) is 9.34. The first-order valence-electron chi connectivity index (χ1n) is 8.79. The van der Waals surface area contributed by atoms with E-state index < -0.39 is 0 Å². The van der Waals surface area contributed by atoms with Crippen molar-refractivity contribution in [3.05, 3.63) is 56.5 Å². The molecule has 0 saturated carbocycles. The van der Waals surface area contributed by atoms with Crippen LogP contribution in [-0.4, -0.2) is 5.33 Å². The molecule has 0 heterocycles. The van der Waals surface area contributed by atoms with Crippen LogP contribution in [0.5, 0.6) is 0 Å². The van der Waals surface area contributed by atoms with E-state index in [-0.39, 0.29) is 5.41 Å². The maximum Gasteiger partial charge on any atom is 0.0223 e. The summed E-state index contributed by atoms with van der Waals surface area (Å²) in [5, 5.41) is 1.03. The van der Waals surface area contributed by atoms with Gasteiger partial charge in [0, 0.05) is 19.7 Å². The first-order valence-corrected chi connectivity index (χ1v) is 11.5. The Morgan fingerprint density at radius 3 is 1.88 bits per heavy atom. The average molecular weight is 515 g/mol. The topological polar surface area (TPSA) is 0 Å². The highest BCUT2D eigenvalue weighted by molar-refractivity contribution is 9.10. The summed E-state index contributed by atoms with van der Waals surface area (Å²) in [5.74, 6) is 0. The molecule has 0 N–H and O–H groups in total. The third kappa shape index (κ3) is 3.41. The van der Waals surface area contributed by atoms with Crippen molar-refractivity contribution in [2.24, 2.45) is 0 Å². The molecule has 2 aromatic rings. The van der Waals surface area contributed by atoms with E-state index in [2.05, 4.69) is 91.1 Å². The Labute approximate surface area is 170 Å². The molecule has 0 atom stereocenters. The summed E-state index contributed by atoms with van der Waals surface area (Å²) in [6.07, 6.45) is 7.61. The zero-order valence-electron chi connectivity index (χ0n) is 14.0. The number of unbranched alkanes of at least 4 members (excludes halogenated alkanes) is 3. The molecule has 0 unspecified atom stereocenters. The molecule has 3 rings (SSSR count). The van der Waals surface area contributed by atoms with Crippen LogP contribution in [0, 0.1) is 0 Å². The second kappa shape index (κ2) is 8.05. The molecular formula is C21H23Br3. The van der Waals surface area contributed by atoms with Gasteiger partial charge >= 0.3 is 0 Å². The van der Waals surface area contributed by atoms with Gasteiger partial charge in [0.1, 0.15) is 0 Å². The number of halogens is 3. The number of rotatable bonds is 7. The molecular weight excluding hydrogens is 492 g/mol. The summed E-state index contributed by atoms with van der Waals surface area (Å²) >= 11 is 11.1. The van der Waals surface area contributed by atoms with Gasteiger partial charge in [-0.1, -0.05) is 92.5 Å². The van der Waals surface area contributed by atoms with E-state index in [0.717, 1.165) is 11.8 Å². The molecule has 3 heteroatoms. The van der Waals surface area contributed by atoms with E-state index in [9.17, 15) is 0 Å². The molecule has 128 valence electrons. The first kappa shape index (κ1) is 18.7. The minimum atomic E-state index is 0.134. The van der Waals surface area contributed by atoms with Gasteiger partial charge < -0.3 is 0 Å². The van der Waals surface area contributed by atoms with Crippen molar-refractivity contribution in [1.82, 2.24) is 0 Å². The van der Waals surface area contributed by atoms with Crippen molar-refractivity contribution in [1.29, 1.82) is 0 Å². The van der Waals surface area contributed by atoms with Crippen LogP contribution >= 0.6 is 47.8 Å². The van der Waals surface area contributed by atoms with E-state index in [4.69, 9.17) is 0 Å². The van der Waals surface area contributed by atoms with Gasteiger partial charge in [0.2, 0.25) is 0 Å². The molecule has 1 aliphatic carbocycles. The lowest BCUT2D eigenvalue weighted by Gasteiger charge is -2.32. The third-order valence-corrected chi connectivity index (χ3v) is 6.65. The summed E-state index contributed by atoms with van der Waals surface area (Å²) in [7, 11) is 0. The van der Waals surface area contributed by atoms with Crippen molar-refractivity contribution in [2.75, 3.05) is 5.33 Å². The van der Waals surface area contributed by atoms with Gasteiger partial charge in [-0.3, -0.25) is 0 Å². The smallest absolute Gasteiger partial charge is 0.0223 e. The Morgan fingerprint density at radius 1 is 0.792 bits per heavy atom. The van der Waals surface area contributed by atoms with Gasteiger partial charge in [-0.05, 0) is 59.4 Å². The summed E-state index contributed by atoms with van der Waals surface area (Å²) in [5.41, 5.74) is 5.96. The molecule has 2 aromatic carbocycles. The van der Waals surface area contributed by atoms with E-state index in [1.807, 2.05) is 0 Å². The van der Waals surface area contributed by atoms with Gasteiger partial charge in [0.05, 0.1) is 0 Å². The fourth-order valence-electron chi connectivity index (χ4n) is 4.12. The zero-order chi connectivity index (χ0) is 17.2. The summed E-state index contributed by atoms with van der Waals surface area (Å²) in [4.78, 5) is 0. The molecule has 0 spiro atoms. The second-order valence-electron chi connectivity index (χ2n) is 6.71. The van der Waals surface area contributed by atoms with E-state index in [1.165, 1.54) is 63.3 Å². The van der Waals surface area contributed by atoms with Crippen molar-refractivity contribution < 1.29 is 0 Å². The monoisotopic (exact) mass is 512 g/mol. The molecule has 1 aliphatic rings. The molecule has 0 bridgehead atoms. The molecule has 0 aliphatic heterocycles. The fourth-order valence-corrected chi connectivity index (χ4v) is 5.52. The van der Waals surface area contributed by atoms with Crippen molar-refractivity contribution in [3.63, 3.8) is 0 Å². The Morgan fingerprint density at radius 2 is 1.38 bits per heavy atom. The normalized spacial score (nSPS) is 14.5. The van der Waals surface area contributed by atoms with Crippen LogP contribution in [0.3, 0.4) is 0 Å². The number of alkyl halides is 1. The summed E-state index contributed by atoms with van der Waals surface area (Å²) in [6, 6.07) is 13.6. The molecule has 0 nitrogen and oxygen atoms in total. The zero-order valence-corrected chi connectivity index (χ0v) is 18.8. The average Bonchev–Trinajstić information content (AvgIpc) is 2.82. The highest BCUT2D eigenvalue weighted by atomic mass is 79.9. The SMILES string of the molecule is CCCCCCC1(CCBr)c2cc(Br)ccc2-c2ccc(Br)cc21. The van der Waals surface area contributed by atoms with E-state index >= 15 is 0 Å². The molecule has 0 saturated heterocycles. The van der Waals surface area contributed by atoms with Crippen molar-refractivity contribution in [2.45, 2.75) is 50.9 Å². The highest BCUT2D eigenvalue weighted by Gasteiger charge is 2.42. The molecule has 0 amide bonds. The summed E-state index contributed by atoms with van der Waals surface area (Å²) < 4.78 is 2.36. The predicted molar refractivity (Wildman–Crippen MR) is 115 cm³/mol. The Bertz CT molecular complexity index is 670. The van der Waals surface area contributed by atoms with Crippen LogP contribution in [0.1, 0.15) is 56.6 Å².